The predicted molar refractivity (Wildman–Crippen MR) is 112 cm³/mol. The molecule has 1 heterocycles. The molecule has 1 aromatic heterocycles. The number of benzene rings is 1. The van der Waals surface area contributed by atoms with Crippen LogP contribution in [-0.4, -0.2) is 11.5 Å². The smallest absolute Gasteiger partial charge is 0.253 e. The number of fused-ring (bicyclic) bond motifs is 1. The number of hydrogen-bond acceptors (Lipinski definition) is 4. The van der Waals surface area contributed by atoms with E-state index in [0.717, 1.165) is 40.9 Å². The molecule has 0 saturated heterocycles. The Morgan fingerprint density at radius 3 is 2.29 bits per heavy atom. The highest BCUT2D eigenvalue weighted by Gasteiger charge is 2.50. The van der Waals surface area contributed by atoms with E-state index in [-0.39, 0.29) is 5.43 Å². The van der Waals surface area contributed by atoms with Crippen LogP contribution >= 0.6 is 0 Å². The van der Waals surface area contributed by atoms with E-state index in [1.807, 2.05) is 30.5 Å². The van der Waals surface area contributed by atoms with Gasteiger partial charge in [-0.2, -0.15) is 0 Å². The number of aromatic nitrogens is 1. The average molecular weight is 375 g/mol. The number of nitrogens with one attached hydrogen (secondary N) is 3. The van der Waals surface area contributed by atoms with Crippen LogP contribution in [0, 0.1) is 23.2 Å². The SMILES string of the molecule is O=c1c(NCC23CC4CC(CC(C4)C2)C3)c(Nc2c[nH]c3ccccc23)c1=O. The first-order chi connectivity index (χ1) is 13.6. The third-order valence-corrected chi connectivity index (χ3v) is 7.56. The highest BCUT2D eigenvalue weighted by Crippen LogP contribution is 2.59. The van der Waals surface area contributed by atoms with Crippen molar-refractivity contribution in [1.29, 1.82) is 0 Å². The van der Waals surface area contributed by atoms with Crippen molar-refractivity contribution in [3.05, 3.63) is 50.9 Å². The Balaban J connectivity index is 1.24. The summed E-state index contributed by atoms with van der Waals surface area (Å²) in [4.78, 5) is 27.7. The minimum atomic E-state index is -0.418. The second-order valence-electron chi connectivity index (χ2n) is 9.55. The van der Waals surface area contributed by atoms with Gasteiger partial charge in [-0.05, 0) is 67.8 Å². The molecule has 5 heteroatoms. The van der Waals surface area contributed by atoms with Crippen LogP contribution in [0.2, 0.25) is 0 Å². The van der Waals surface area contributed by atoms with E-state index in [1.54, 1.807) is 0 Å². The lowest BCUT2D eigenvalue weighted by molar-refractivity contribution is -0.0444. The van der Waals surface area contributed by atoms with Crippen LogP contribution in [0.5, 0.6) is 0 Å². The number of H-pyrrole nitrogens is 1. The summed E-state index contributed by atoms with van der Waals surface area (Å²) in [5.41, 5.74) is 2.26. The van der Waals surface area contributed by atoms with E-state index in [4.69, 9.17) is 0 Å². The highest BCUT2D eigenvalue weighted by molar-refractivity contribution is 5.95. The number of hydrogen-bond donors (Lipinski definition) is 3. The van der Waals surface area contributed by atoms with Gasteiger partial charge in [-0.15, -0.1) is 0 Å². The summed E-state index contributed by atoms with van der Waals surface area (Å²) in [6, 6.07) is 7.94. The van der Waals surface area contributed by atoms with Crippen molar-refractivity contribution in [2.24, 2.45) is 23.2 Å². The number of rotatable bonds is 5. The van der Waals surface area contributed by atoms with Gasteiger partial charge in [0, 0.05) is 23.6 Å². The topological polar surface area (TPSA) is 74.0 Å². The molecule has 4 aliphatic rings. The van der Waals surface area contributed by atoms with Crippen LogP contribution in [0.3, 0.4) is 0 Å². The van der Waals surface area contributed by atoms with Crippen molar-refractivity contribution in [1.82, 2.24) is 4.98 Å². The van der Waals surface area contributed by atoms with Gasteiger partial charge in [-0.1, -0.05) is 18.2 Å². The molecular formula is C23H25N3O2. The van der Waals surface area contributed by atoms with Crippen LogP contribution in [0.4, 0.5) is 17.1 Å². The quantitative estimate of drug-likeness (QED) is 0.586. The molecule has 3 aromatic rings. The standard InChI is InChI=1S/C23H25N3O2/c27-21-19(25-12-23-8-13-5-14(9-23)7-15(6-13)10-23)20(22(21)28)26-18-11-24-17-4-2-1-3-16(17)18/h1-4,11,13-15,24-26H,5-10,12H2. The average Bonchev–Trinajstić information content (AvgIpc) is 3.09. The molecule has 28 heavy (non-hydrogen) atoms. The zero-order valence-corrected chi connectivity index (χ0v) is 15.9. The van der Waals surface area contributed by atoms with Crippen molar-refractivity contribution < 1.29 is 0 Å². The van der Waals surface area contributed by atoms with Gasteiger partial charge in [0.1, 0.15) is 11.4 Å². The molecule has 4 aliphatic carbocycles. The van der Waals surface area contributed by atoms with E-state index in [0.29, 0.717) is 16.8 Å². The van der Waals surface area contributed by atoms with Crippen LogP contribution in [-0.2, 0) is 0 Å². The summed E-state index contributed by atoms with van der Waals surface area (Å²) in [6.07, 6.45) is 9.93. The maximum atomic E-state index is 12.3. The van der Waals surface area contributed by atoms with Crippen LogP contribution in [0.15, 0.2) is 40.1 Å². The van der Waals surface area contributed by atoms with E-state index in [2.05, 4.69) is 15.6 Å². The summed E-state index contributed by atoms with van der Waals surface area (Å²) in [6.45, 7) is 0.823. The van der Waals surface area contributed by atoms with Gasteiger partial charge in [0.15, 0.2) is 0 Å². The Bertz CT molecular complexity index is 1100. The number of anilines is 3. The van der Waals surface area contributed by atoms with E-state index in [9.17, 15) is 9.59 Å². The molecule has 4 fully saturated rings. The largest absolute Gasteiger partial charge is 0.379 e. The number of aromatic amines is 1. The summed E-state index contributed by atoms with van der Waals surface area (Å²) in [5.74, 6) is 2.64. The molecule has 0 atom stereocenters. The first kappa shape index (κ1) is 16.4. The van der Waals surface area contributed by atoms with Gasteiger partial charge < -0.3 is 15.6 Å². The first-order valence-electron chi connectivity index (χ1n) is 10.5. The fraction of sp³-hybridized carbons (Fsp3) is 0.478. The molecule has 7 rings (SSSR count). The van der Waals surface area contributed by atoms with Gasteiger partial charge in [0.25, 0.3) is 10.9 Å². The molecule has 0 spiro atoms. The van der Waals surface area contributed by atoms with E-state index in [1.165, 1.54) is 38.5 Å². The van der Waals surface area contributed by atoms with Crippen LogP contribution < -0.4 is 21.5 Å². The molecule has 0 amide bonds. The minimum Gasteiger partial charge on any atom is -0.379 e. The lowest BCUT2D eigenvalue weighted by Gasteiger charge is -2.57. The normalized spacial score (nSPS) is 30.9. The molecule has 0 radical (unpaired) electrons. The van der Waals surface area contributed by atoms with Crippen LogP contribution in [0.25, 0.3) is 10.9 Å². The van der Waals surface area contributed by atoms with Gasteiger partial charge in [-0.25, -0.2) is 0 Å². The molecule has 4 bridgehead atoms. The van der Waals surface area contributed by atoms with Crippen molar-refractivity contribution >= 4 is 28.0 Å². The fourth-order valence-corrected chi connectivity index (χ4v) is 6.77. The molecule has 4 saturated carbocycles. The van der Waals surface area contributed by atoms with Crippen LogP contribution in [0.1, 0.15) is 38.5 Å². The lowest BCUT2D eigenvalue weighted by atomic mass is 9.49. The van der Waals surface area contributed by atoms with Gasteiger partial charge >= 0.3 is 0 Å². The Kier molecular flexibility index (Phi) is 3.35. The third-order valence-electron chi connectivity index (χ3n) is 7.56. The Morgan fingerprint density at radius 2 is 1.57 bits per heavy atom. The fourth-order valence-electron chi connectivity index (χ4n) is 6.77. The molecule has 0 unspecified atom stereocenters. The minimum absolute atomic E-state index is 0.326. The maximum Gasteiger partial charge on any atom is 0.253 e. The second kappa shape index (κ2) is 5.72. The third kappa shape index (κ3) is 2.38. The second-order valence-corrected chi connectivity index (χ2v) is 9.55. The highest BCUT2D eigenvalue weighted by atomic mass is 16.2. The van der Waals surface area contributed by atoms with E-state index < -0.39 is 5.43 Å². The maximum absolute atomic E-state index is 12.3. The zero-order chi connectivity index (χ0) is 18.9. The monoisotopic (exact) mass is 375 g/mol. The summed E-state index contributed by atoms with van der Waals surface area (Å²) < 4.78 is 0. The van der Waals surface area contributed by atoms with Gasteiger partial charge in [0.05, 0.1) is 5.69 Å². The predicted octanol–water partition coefficient (Wildman–Crippen LogP) is 4.14. The van der Waals surface area contributed by atoms with Gasteiger partial charge in [-0.3, -0.25) is 9.59 Å². The number of para-hydroxylation sites is 1. The van der Waals surface area contributed by atoms with E-state index >= 15 is 0 Å². The molecule has 0 aliphatic heterocycles. The zero-order valence-electron chi connectivity index (χ0n) is 15.9. The Morgan fingerprint density at radius 1 is 0.929 bits per heavy atom. The molecular weight excluding hydrogens is 350 g/mol. The first-order valence-corrected chi connectivity index (χ1v) is 10.5. The van der Waals surface area contributed by atoms with Crippen molar-refractivity contribution in [2.75, 3.05) is 17.2 Å². The molecule has 3 N–H and O–H groups in total. The lowest BCUT2D eigenvalue weighted by Crippen LogP contribution is -2.50. The van der Waals surface area contributed by atoms with Crippen molar-refractivity contribution in [2.45, 2.75) is 38.5 Å². The molecule has 144 valence electrons. The molecule has 2 aromatic carbocycles. The summed E-state index contributed by atoms with van der Waals surface area (Å²) in [7, 11) is 0. The van der Waals surface area contributed by atoms with Crippen molar-refractivity contribution in [3.8, 4) is 0 Å². The molecule has 5 nitrogen and oxygen atoms in total. The summed E-state index contributed by atoms with van der Waals surface area (Å²) >= 11 is 0. The van der Waals surface area contributed by atoms with Gasteiger partial charge in [0.2, 0.25) is 0 Å². The summed E-state index contributed by atoms with van der Waals surface area (Å²) in [5, 5.41) is 7.63. The Labute approximate surface area is 163 Å². The Hall–Kier alpha value is -2.56. The van der Waals surface area contributed by atoms with Crippen molar-refractivity contribution in [3.63, 3.8) is 0 Å².